The fourth-order valence-electron chi connectivity index (χ4n) is 1.67. The summed E-state index contributed by atoms with van der Waals surface area (Å²) in [6, 6.07) is 11.2. The van der Waals surface area contributed by atoms with Gasteiger partial charge in [-0.15, -0.1) is 0 Å². The van der Waals surface area contributed by atoms with Gasteiger partial charge in [-0.25, -0.2) is 0 Å². The summed E-state index contributed by atoms with van der Waals surface area (Å²) >= 11 is 15.8. The minimum Gasteiger partial charge on any atom is -0.280 e. The van der Waals surface area contributed by atoms with E-state index in [1.165, 1.54) is 0 Å². The Morgan fingerprint density at radius 2 is 1.81 bits per heavy atom. The standard InChI is InChI=1S/C12H8Cl2OS/c13-9-6-2-4-7-3-1-5-8(10(7)9)11(16)12(14)15/h1-6,11,16H. The van der Waals surface area contributed by atoms with Crippen molar-refractivity contribution >= 4 is 51.8 Å². The highest BCUT2D eigenvalue weighted by atomic mass is 35.5. The van der Waals surface area contributed by atoms with Gasteiger partial charge in [0.1, 0.15) is 5.25 Å². The summed E-state index contributed by atoms with van der Waals surface area (Å²) in [5.41, 5.74) is 0.742. The molecule has 0 spiro atoms. The van der Waals surface area contributed by atoms with Crippen LogP contribution < -0.4 is 0 Å². The molecule has 0 N–H and O–H groups in total. The van der Waals surface area contributed by atoms with Crippen LogP contribution in [0.25, 0.3) is 10.8 Å². The molecule has 0 amide bonds. The van der Waals surface area contributed by atoms with Crippen LogP contribution in [0.2, 0.25) is 5.02 Å². The number of carbonyl (C=O) groups excluding carboxylic acids is 1. The highest BCUT2D eigenvalue weighted by molar-refractivity contribution is 7.81. The molecule has 0 radical (unpaired) electrons. The van der Waals surface area contributed by atoms with Gasteiger partial charge in [0.05, 0.1) is 0 Å². The molecule has 16 heavy (non-hydrogen) atoms. The Bertz CT molecular complexity index is 548. The Kier molecular flexibility index (Phi) is 3.43. The third-order valence-electron chi connectivity index (χ3n) is 2.40. The summed E-state index contributed by atoms with van der Waals surface area (Å²) in [5.74, 6) is 0. The van der Waals surface area contributed by atoms with Crippen LogP contribution in [-0.2, 0) is 4.79 Å². The molecule has 1 atom stereocenters. The van der Waals surface area contributed by atoms with Crippen molar-refractivity contribution in [2.45, 2.75) is 5.25 Å². The van der Waals surface area contributed by atoms with Crippen molar-refractivity contribution in [1.82, 2.24) is 0 Å². The van der Waals surface area contributed by atoms with Crippen LogP contribution in [0.5, 0.6) is 0 Å². The highest BCUT2D eigenvalue weighted by Gasteiger charge is 2.17. The van der Waals surface area contributed by atoms with E-state index in [9.17, 15) is 4.79 Å². The topological polar surface area (TPSA) is 17.1 Å². The summed E-state index contributed by atoms with van der Waals surface area (Å²) in [7, 11) is 0. The number of hydrogen-bond acceptors (Lipinski definition) is 2. The summed E-state index contributed by atoms with van der Waals surface area (Å²) < 4.78 is 0. The lowest BCUT2D eigenvalue weighted by Crippen LogP contribution is -2.00. The van der Waals surface area contributed by atoms with Crippen molar-refractivity contribution in [3.8, 4) is 0 Å². The zero-order valence-electron chi connectivity index (χ0n) is 8.15. The van der Waals surface area contributed by atoms with E-state index >= 15 is 0 Å². The van der Waals surface area contributed by atoms with Crippen molar-refractivity contribution < 1.29 is 4.79 Å². The van der Waals surface area contributed by atoms with E-state index in [1.807, 2.05) is 30.3 Å². The van der Waals surface area contributed by atoms with Gasteiger partial charge >= 0.3 is 0 Å². The SMILES string of the molecule is O=C(Cl)C(S)c1cccc2cccc(Cl)c12. The molecular weight excluding hydrogens is 263 g/mol. The molecule has 1 nitrogen and oxygen atoms in total. The Balaban J connectivity index is 2.75. The average Bonchev–Trinajstić information content (AvgIpc) is 2.27. The smallest absolute Gasteiger partial charge is 0.238 e. The van der Waals surface area contributed by atoms with E-state index in [2.05, 4.69) is 12.6 Å². The quantitative estimate of drug-likeness (QED) is 0.639. The normalized spacial score (nSPS) is 12.7. The van der Waals surface area contributed by atoms with Gasteiger partial charge in [-0.05, 0) is 28.6 Å². The van der Waals surface area contributed by atoms with Crippen molar-refractivity contribution in [2.24, 2.45) is 0 Å². The first kappa shape index (κ1) is 11.8. The van der Waals surface area contributed by atoms with Gasteiger partial charge in [-0.1, -0.05) is 41.9 Å². The minimum atomic E-state index is -0.648. The summed E-state index contributed by atoms with van der Waals surface area (Å²) in [4.78, 5) is 11.1. The number of thiol groups is 1. The second kappa shape index (κ2) is 4.66. The maximum absolute atomic E-state index is 11.1. The highest BCUT2D eigenvalue weighted by Crippen LogP contribution is 2.34. The van der Waals surface area contributed by atoms with Gasteiger partial charge in [-0.2, -0.15) is 12.6 Å². The first-order valence-corrected chi connectivity index (χ1v) is 5.93. The molecular formula is C12H8Cl2OS. The van der Waals surface area contributed by atoms with Crippen LogP contribution in [0, 0.1) is 0 Å². The Labute approximate surface area is 109 Å². The third kappa shape index (κ3) is 2.05. The molecule has 0 saturated heterocycles. The predicted octanol–water partition coefficient (Wildman–Crippen LogP) is 4.23. The lowest BCUT2D eigenvalue weighted by Gasteiger charge is -2.11. The van der Waals surface area contributed by atoms with Crippen molar-refractivity contribution in [3.63, 3.8) is 0 Å². The van der Waals surface area contributed by atoms with Crippen molar-refractivity contribution in [3.05, 3.63) is 47.0 Å². The van der Waals surface area contributed by atoms with Crippen LogP contribution in [0.15, 0.2) is 36.4 Å². The second-order valence-electron chi connectivity index (χ2n) is 3.39. The monoisotopic (exact) mass is 270 g/mol. The molecule has 82 valence electrons. The summed E-state index contributed by atoms with van der Waals surface area (Å²) in [6.07, 6.45) is 0. The molecule has 0 aliphatic rings. The maximum atomic E-state index is 11.1. The van der Waals surface area contributed by atoms with E-state index in [-0.39, 0.29) is 0 Å². The van der Waals surface area contributed by atoms with E-state index in [4.69, 9.17) is 23.2 Å². The largest absolute Gasteiger partial charge is 0.280 e. The number of hydrogen-bond donors (Lipinski definition) is 1. The van der Waals surface area contributed by atoms with Crippen LogP contribution in [0.3, 0.4) is 0 Å². The molecule has 2 rings (SSSR count). The molecule has 2 aromatic carbocycles. The zero-order valence-corrected chi connectivity index (χ0v) is 10.6. The predicted molar refractivity (Wildman–Crippen MR) is 71.5 cm³/mol. The number of rotatable bonds is 2. The Morgan fingerprint density at radius 3 is 2.44 bits per heavy atom. The molecule has 0 aliphatic carbocycles. The second-order valence-corrected chi connectivity index (χ2v) is 4.69. The molecule has 0 aliphatic heterocycles. The molecule has 0 saturated carbocycles. The zero-order chi connectivity index (χ0) is 11.7. The summed E-state index contributed by atoms with van der Waals surface area (Å²) in [5, 5.41) is 1.26. The van der Waals surface area contributed by atoms with E-state index in [0.717, 1.165) is 16.3 Å². The van der Waals surface area contributed by atoms with Gasteiger partial charge in [0.25, 0.3) is 0 Å². The van der Waals surface area contributed by atoms with Crippen LogP contribution in [-0.4, -0.2) is 5.24 Å². The van der Waals surface area contributed by atoms with E-state index < -0.39 is 10.5 Å². The number of halogens is 2. The minimum absolute atomic E-state index is 0.504. The first-order valence-electron chi connectivity index (χ1n) is 4.66. The first-order chi connectivity index (χ1) is 7.61. The van der Waals surface area contributed by atoms with Gasteiger partial charge in [0, 0.05) is 10.4 Å². The molecule has 0 aromatic heterocycles. The average molecular weight is 271 g/mol. The maximum Gasteiger partial charge on any atom is 0.238 e. The number of fused-ring (bicyclic) bond motifs is 1. The van der Waals surface area contributed by atoms with Gasteiger partial charge in [0.15, 0.2) is 0 Å². The molecule has 4 heteroatoms. The Morgan fingerprint density at radius 1 is 1.19 bits per heavy atom. The van der Waals surface area contributed by atoms with E-state index in [1.54, 1.807) is 6.07 Å². The Hall–Kier alpha value is -0.700. The van der Waals surface area contributed by atoms with E-state index in [0.29, 0.717) is 5.02 Å². The van der Waals surface area contributed by atoms with Crippen molar-refractivity contribution in [2.75, 3.05) is 0 Å². The van der Waals surface area contributed by atoms with Crippen LogP contribution >= 0.6 is 35.8 Å². The molecule has 2 aromatic rings. The molecule has 1 unspecified atom stereocenters. The fraction of sp³-hybridized carbons (Fsp3) is 0.0833. The number of carbonyl (C=O) groups is 1. The number of benzene rings is 2. The van der Waals surface area contributed by atoms with Gasteiger partial charge in [-0.3, -0.25) is 4.79 Å². The lowest BCUT2D eigenvalue weighted by molar-refractivity contribution is -0.111. The molecule has 0 fully saturated rings. The molecule has 0 heterocycles. The van der Waals surface area contributed by atoms with Gasteiger partial charge in [0.2, 0.25) is 5.24 Å². The lowest BCUT2D eigenvalue weighted by atomic mass is 10.0. The third-order valence-corrected chi connectivity index (χ3v) is 3.59. The summed E-state index contributed by atoms with van der Waals surface area (Å²) in [6.45, 7) is 0. The van der Waals surface area contributed by atoms with Crippen LogP contribution in [0.1, 0.15) is 10.8 Å². The van der Waals surface area contributed by atoms with Crippen molar-refractivity contribution in [1.29, 1.82) is 0 Å². The van der Waals surface area contributed by atoms with Gasteiger partial charge < -0.3 is 0 Å². The fourth-order valence-corrected chi connectivity index (χ4v) is 2.30. The van der Waals surface area contributed by atoms with Crippen LogP contribution in [0.4, 0.5) is 0 Å². The molecule has 0 bridgehead atoms.